The minimum Gasteiger partial charge on any atom is -0.290 e. The summed E-state index contributed by atoms with van der Waals surface area (Å²) >= 11 is 0. The molecule has 2 aromatic carbocycles. The number of hydrogen-bond donors (Lipinski definition) is 1. The molecule has 0 amide bonds. The Morgan fingerprint density at radius 1 is 1.00 bits per heavy atom. The summed E-state index contributed by atoms with van der Waals surface area (Å²) in [7, 11) is -2.09. The van der Waals surface area contributed by atoms with E-state index in [2.05, 4.69) is 0 Å². The Morgan fingerprint density at radius 3 is 2.04 bits per heavy atom. The van der Waals surface area contributed by atoms with Gasteiger partial charge in [-0.1, -0.05) is 18.2 Å². The van der Waals surface area contributed by atoms with Gasteiger partial charge < -0.3 is 0 Å². The quantitative estimate of drug-likeness (QED) is 0.400. The van der Waals surface area contributed by atoms with Gasteiger partial charge in [0.05, 0.1) is 10.6 Å². The van der Waals surface area contributed by atoms with Crippen LogP contribution in [0.15, 0.2) is 59.5 Å². The average Bonchev–Trinajstić information content (AvgIpc) is 2.54. The maximum Gasteiger partial charge on any atom is 0.264 e. The molecule has 2 rings (SSSR count). The summed E-state index contributed by atoms with van der Waals surface area (Å²) in [5.74, 6) is 0. The molecular weight excluding hydrogens is 324 g/mol. The number of hydroxylamine groups is 1. The minimum atomic E-state index is -3.62. The highest BCUT2D eigenvalue weighted by molar-refractivity contribution is 7.92. The van der Waals surface area contributed by atoms with Gasteiger partial charge in [-0.25, -0.2) is 8.42 Å². The first-order valence-electron chi connectivity index (χ1n) is 7.59. The highest BCUT2D eigenvalue weighted by Gasteiger charge is 2.24. The van der Waals surface area contributed by atoms with Gasteiger partial charge in [-0.2, -0.15) is 0 Å². The summed E-state index contributed by atoms with van der Waals surface area (Å²) in [4.78, 5) is 0.200. The number of sulfonamides is 1. The molecule has 24 heavy (non-hydrogen) atoms. The molecule has 0 saturated carbocycles. The molecule has 0 atom stereocenters. The summed E-state index contributed by atoms with van der Waals surface area (Å²) < 4.78 is 27.7. The van der Waals surface area contributed by atoms with E-state index in [0.29, 0.717) is 11.3 Å². The maximum absolute atomic E-state index is 12.7. The summed E-state index contributed by atoms with van der Waals surface area (Å²) in [6.07, 6.45) is 1.57. The van der Waals surface area contributed by atoms with Crippen LogP contribution in [0.3, 0.4) is 0 Å². The van der Waals surface area contributed by atoms with Crippen LogP contribution in [-0.2, 0) is 10.0 Å². The largest absolute Gasteiger partial charge is 0.290 e. The standard InChI is InChI=1S/C18H23N2O3S/c1-18(2,3)20(21)14-15-10-12-17(13-11-15)24(22,23)19(4)16-8-6-5-7-9-16/h5-14,21H,1-4H3/q+1/b20-14-. The number of anilines is 1. The van der Waals surface area contributed by atoms with Gasteiger partial charge in [0.25, 0.3) is 10.0 Å². The van der Waals surface area contributed by atoms with E-state index in [-0.39, 0.29) is 4.90 Å². The Morgan fingerprint density at radius 2 is 1.54 bits per heavy atom. The Kier molecular flexibility index (Phi) is 4.99. The van der Waals surface area contributed by atoms with Crippen LogP contribution < -0.4 is 4.31 Å². The molecule has 0 spiro atoms. The van der Waals surface area contributed by atoms with E-state index in [1.54, 1.807) is 42.6 Å². The predicted octanol–water partition coefficient (Wildman–Crippen LogP) is 3.13. The van der Waals surface area contributed by atoms with Crippen LogP contribution in [0.25, 0.3) is 0 Å². The first-order chi connectivity index (χ1) is 11.1. The number of hydrogen-bond acceptors (Lipinski definition) is 3. The van der Waals surface area contributed by atoms with Crippen molar-refractivity contribution < 1.29 is 18.4 Å². The Hall–Kier alpha value is -2.34. The van der Waals surface area contributed by atoms with Crippen molar-refractivity contribution in [2.45, 2.75) is 31.2 Å². The second kappa shape index (κ2) is 6.65. The van der Waals surface area contributed by atoms with Crippen LogP contribution in [0.4, 0.5) is 5.69 Å². The smallest absolute Gasteiger partial charge is 0.264 e. The molecule has 0 bridgehead atoms. The zero-order chi connectivity index (χ0) is 18.0. The van der Waals surface area contributed by atoms with Crippen molar-refractivity contribution in [3.8, 4) is 0 Å². The summed E-state index contributed by atoms with van der Waals surface area (Å²) in [5.41, 5.74) is 0.884. The fraction of sp³-hybridized carbons (Fsp3) is 0.278. The van der Waals surface area contributed by atoms with Crippen molar-refractivity contribution in [3.63, 3.8) is 0 Å². The molecule has 0 fully saturated rings. The van der Waals surface area contributed by atoms with Crippen molar-refractivity contribution in [2.75, 3.05) is 11.4 Å². The molecule has 1 N–H and O–H groups in total. The highest BCUT2D eigenvalue weighted by atomic mass is 32.2. The van der Waals surface area contributed by atoms with E-state index in [1.807, 2.05) is 26.8 Å². The Bertz CT molecular complexity index is 821. The zero-order valence-corrected chi connectivity index (χ0v) is 15.2. The number of nitrogens with zero attached hydrogens (tertiary/aromatic N) is 2. The normalized spacial score (nSPS) is 12.9. The molecule has 0 aliphatic carbocycles. The van der Waals surface area contributed by atoms with Crippen LogP contribution in [-0.4, -0.2) is 37.2 Å². The van der Waals surface area contributed by atoms with Crippen LogP contribution in [0, 0.1) is 0 Å². The fourth-order valence-electron chi connectivity index (χ4n) is 2.00. The van der Waals surface area contributed by atoms with Crippen molar-refractivity contribution in [1.82, 2.24) is 0 Å². The Labute approximate surface area is 143 Å². The lowest BCUT2D eigenvalue weighted by Gasteiger charge is -2.19. The van der Waals surface area contributed by atoms with E-state index in [4.69, 9.17) is 0 Å². The van der Waals surface area contributed by atoms with E-state index >= 15 is 0 Å². The first kappa shape index (κ1) is 18.0. The second-order valence-corrected chi connectivity index (χ2v) is 8.49. The van der Waals surface area contributed by atoms with Gasteiger partial charge >= 0.3 is 0 Å². The molecule has 0 unspecified atom stereocenters. The SMILES string of the molecule is CN(c1ccccc1)S(=O)(=O)c1ccc(/C=[N+](\O)C(C)(C)C)cc1. The van der Waals surface area contributed by atoms with Crippen LogP contribution in [0.2, 0.25) is 0 Å². The first-order valence-corrected chi connectivity index (χ1v) is 9.03. The summed E-state index contributed by atoms with van der Waals surface area (Å²) in [6.45, 7) is 5.62. The molecule has 0 radical (unpaired) electrons. The molecule has 0 saturated heterocycles. The topological polar surface area (TPSA) is 60.6 Å². The molecule has 0 aliphatic rings. The summed E-state index contributed by atoms with van der Waals surface area (Å²) in [5, 5.41) is 9.96. The van der Waals surface area contributed by atoms with Crippen molar-refractivity contribution in [2.24, 2.45) is 0 Å². The molecule has 0 heterocycles. The number of para-hydroxylation sites is 1. The molecule has 6 heteroatoms. The Balaban J connectivity index is 2.30. The highest BCUT2D eigenvalue weighted by Crippen LogP contribution is 2.21. The van der Waals surface area contributed by atoms with Crippen molar-refractivity contribution >= 4 is 21.9 Å². The van der Waals surface area contributed by atoms with Gasteiger partial charge in [0.2, 0.25) is 11.8 Å². The van der Waals surface area contributed by atoms with E-state index < -0.39 is 15.6 Å². The third kappa shape index (κ3) is 3.94. The lowest BCUT2D eigenvalue weighted by atomic mass is 10.1. The second-order valence-electron chi connectivity index (χ2n) is 6.52. The van der Waals surface area contributed by atoms with Gasteiger partial charge in [0.15, 0.2) is 0 Å². The van der Waals surface area contributed by atoms with Gasteiger partial charge in [0, 0.05) is 33.4 Å². The maximum atomic E-state index is 12.7. The summed E-state index contributed by atoms with van der Waals surface area (Å²) in [6, 6.07) is 15.3. The van der Waals surface area contributed by atoms with Crippen LogP contribution in [0.5, 0.6) is 0 Å². The van der Waals surface area contributed by atoms with Crippen molar-refractivity contribution in [1.29, 1.82) is 0 Å². The van der Waals surface area contributed by atoms with Gasteiger partial charge in [0.1, 0.15) is 0 Å². The lowest BCUT2D eigenvalue weighted by Crippen LogP contribution is -2.31. The predicted molar refractivity (Wildman–Crippen MR) is 95.4 cm³/mol. The molecular formula is C18H23N2O3S+. The molecule has 2 aromatic rings. The number of benzene rings is 2. The molecule has 5 nitrogen and oxygen atoms in total. The third-order valence-electron chi connectivity index (χ3n) is 3.62. The average molecular weight is 347 g/mol. The van der Waals surface area contributed by atoms with Crippen molar-refractivity contribution in [3.05, 3.63) is 60.2 Å². The van der Waals surface area contributed by atoms with Crippen LogP contribution >= 0.6 is 0 Å². The van der Waals surface area contributed by atoms with Crippen LogP contribution in [0.1, 0.15) is 26.3 Å². The fourth-order valence-corrected chi connectivity index (χ4v) is 3.19. The van der Waals surface area contributed by atoms with Gasteiger partial charge in [-0.05, 0) is 41.1 Å². The molecule has 0 aromatic heterocycles. The molecule has 128 valence electrons. The van der Waals surface area contributed by atoms with E-state index in [9.17, 15) is 13.6 Å². The van der Waals surface area contributed by atoms with E-state index in [1.165, 1.54) is 23.5 Å². The number of rotatable bonds is 4. The lowest BCUT2D eigenvalue weighted by molar-refractivity contribution is -0.816. The zero-order valence-electron chi connectivity index (χ0n) is 14.3. The van der Waals surface area contributed by atoms with Gasteiger partial charge in [-0.3, -0.25) is 9.51 Å². The van der Waals surface area contributed by atoms with Gasteiger partial charge in [-0.15, -0.1) is 0 Å². The van der Waals surface area contributed by atoms with E-state index in [0.717, 1.165) is 4.74 Å². The monoisotopic (exact) mass is 347 g/mol. The minimum absolute atomic E-state index is 0.200. The third-order valence-corrected chi connectivity index (χ3v) is 5.42. The molecule has 0 aliphatic heterocycles.